The number of aromatic hydroxyl groups is 1. The molecule has 132 valence electrons. The summed E-state index contributed by atoms with van der Waals surface area (Å²) >= 11 is 0. The molecule has 0 radical (unpaired) electrons. The minimum Gasteiger partial charge on any atom is -0.503 e. The predicted octanol–water partition coefficient (Wildman–Crippen LogP) is 4.17. The minimum absolute atomic E-state index is 0.177. The zero-order valence-corrected chi connectivity index (χ0v) is 15.3. The highest BCUT2D eigenvalue weighted by molar-refractivity contribution is 5.92. The first-order valence-electron chi connectivity index (χ1n) is 8.89. The lowest BCUT2D eigenvalue weighted by Gasteiger charge is -2.21. The molecule has 5 nitrogen and oxygen atoms in total. The number of carbonyl (C=O) groups excluding carboxylic acids is 1. The van der Waals surface area contributed by atoms with Crippen LogP contribution in [-0.4, -0.2) is 20.7 Å². The first kappa shape index (κ1) is 21.4. The summed E-state index contributed by atoms with van der Waals surface area (Å²) in [5, 5.41) is 13.6. The van der Waals surface area contributed by atoms with Crippen LogP contribution in [0.15, 0.2) is 11.0 Å². The van der Waals surface area contributed by atoms with E-state index in [9.17, 15) is 14.7 Å². The smallest absolute Gasteiger partial charge is 0.252 e. The van der Waals surface area contributed by atoms with Gasteiger partial charge in [0.05, 0.1) is 6.20 Å². The molecule has 1 N–H and O–H groups in total. The Balaban J connectivity index is 0.00000112. The van der Waals surface area contributed by atoms with Crippen LogP contribution in [0.1, 0.15) is 83.6 Å². The van der Waals surface area contributed by atoms with Gasteiger partial charge in [-0.3, -0.25) is 14.3 Å². The zero-order valence-electron chi connectivity index (χ0n) is 15.3. The molecule has 0 bridgehead atoms. The lowest BCUT2D eigenvalue weighted by molar-refractivity contribution is 0.100. The zero-order chi connectivity index (χ0) is 17.8. The van der Waals surface area contributed by atoms with E-state index in [1.165, 1.54) is 49.9 Å². The molecule has 0 spiro atoms. The molecule has 1 saturated carbocycles. The number of rotatable bonds is 4. The molecule has 1 aromatic heterocycles. The van der Waals surface area contributed by atoms with E-state index in [0.717, 1.165) is 6.42 Å². The van der Waals surface area contributed by atoms with Crippen molar-refractivity contribution in [2.75, 3.05) is 0 Å². The van der Waals surface area contributed by atoms with Crippen LogP contribution in [0.4, 0.5) is 0 Å². The van der Waals surface area contributed by atoms with Crippen molar-refractivity contribution < 1.29 is 9.90 Å². The van der Waals surface area contributed by atoms with E-state index in [-0.39, 0.29) is 5.69 Å². The fourth-order valence-electron chi connectivity index (χ4n) is 2.66. The van der Waals surface area contributed by atoms with Gasteiger partial charge in [-0.05, 0) is 12.3 Å². The molecule has 0 aromatic carbocycles. The number of carbonyl (C=O) groups is 1. The molecule has 0 saturated heterocycles. The van der Waals surface area contributed by atoms with Crippen molar-refractivity contribution in [3.05, 3.63) is 22.1 Å². The van der Waals surface area contributed by atoms with Crippen LogP contribution in [0.3, 0.4) is 0 Å². The van der Waals surface area contributed by atoms with Gasteiger partial charge in [-0.2, -0.15) is 5.10 Å². The maximum absolute atomic E-state index is 11.5. The number of ketones is 1. The van der Waals surface area contributed by atoms with Crippen LogP contribution < -0.4 is 5.43 Å². The third-order valence-corrected chi connectivity index (χ3v) is 3.77. The average Bonchev–Trinajstić information content (AvgIpc) is 2.60. The molecule has 0 amide bonds. The second kappa shape index (κ2) is 11.9. The van der Waals surface area contributed by atoms with Crippen molar-refractivity contribution in [2.24, 2.45) is 5.92 Å². The Morgan fingerprint density at radius 1 is 1.22 bits per heavy atom. The van der Waals surface area contributed by atoms with E-state index in [2.05, 4.69) is 5.10 Å². The third-order valence-electron chi connectivity index (χ3n) is 3.77. The number of Topliss-reactive ketones (excluding diaryl/α,β-unsaturated/α-hetero) is 1. The molecule has 0 atom stereocenters. The molecule has 1 heterocycles. The predicted molar refractivity (Wildman–Crippen MR) is 94.1 cm³/mol. The summed E-state index contributed by atoms with van der Waals surface area (Å²) in [5.41, 5.74) is -0.856. The van der Waals surface area contributed by atoms with Crippen LogP contribution in [-0.2, 0) is 6.54 Å². The molecule has 0 unspecified atom stereocenters. The molecule has 1 aliphatic rings. The third kappa shape index (κ3) is 6.97. The molecule has 1 aliphatic carbocycles. The SMILES string of the molecule is CC.CC.CC(=O)c1nn(CCC2CCCCC2)cc(O)c1=O. The number of aryl methyl sites for hydroxylation is 1. The highest BCUT2D eigenvalue weighted by Gasteiger charge is 2.15. The Kier molecular flexibility index (Phi) is 11.0. The normalized spacial score (nSPS) is 14.1. The van der Waals surface area contributed by atoms with Gasteiger partial charge in [0.2, 0.25) is 0 Å². The van der Waals surface area contributed by atoms with Gasteiger partial charge in [0.25, 0.3) is 5.43 Å². The van der Waals surface area contributed by atoms with Crippen molar-refractivity contribution in [1.29, 1.82) is 0 Å². The van der Waals surface area contributed by atoms with Gasteiger partial charge in [0.15, 0.2) is 17.2 Å². The van der Waals surface area contributed by atoms with Crippen molar-refractivity contribution in [2.45, 2.75) is 79.7 Å². The summed E-state index contributed by atoms with van der Waals surface area (Å²) in [7, 11) is 0. The van der Waals surface area contributed by atoms with Crippen LogP contribution in [0.25, 0.3) is 0 Å². The molecule has 1 fully saturated rings. The van der Waals surface area contributed by atoms with Crippen LogP contribution >= 0.6 is 0 Å². The van der Waals surface area contributed by atoms with Gasteiger partial charge in [-0.25, -0.2) is 0 Å². The Hall–Kier alpha value is -1.65. The van der Waals surface area contributed by atoms with Gasteiger partial charge < -0.3 is 5.11 Å². The fourth-order valence-corrected chi connectivity index (χ4v) is 2.66. The quantitative estimate of drug-likeness (QED) is 0.844. The van der Waals surface area contributed by atoms with Crippen molar-refractivity contribution in [3.8, 4) is 5.75 Å². The first-order valence-corrected chi connectivity index (χ1v) is 8.89. The molecular formula is C18H32N2O3. The molecule has 2 rings (SSSR count). The van der Waals surface area contributed by atoms with E-state index in [0.29, 0.717) is 12.5 Å². The van der Waals surface area contributed by atoms with Crippen LogP contribution in [0.5, 0.6) is 5.75 Å². The number of aromatic nitrogens is 2. The summed E-state index contributed by atoms with van der Waals surface area (Å²) in [4.78, 5) is 22.8. The first-order chi connectivity index (χ1) is 11.1. The highest BCUT2D eigenvalue weighted by Crippen LogP contribution is 2.26. The maximum Gasteiger partial charge on any atom is 0.252 e. The number of nitrogens with zero attached hydrogens (tertiary/aromatic N) is 2. The largest absolute Gasteiger partial charge is 0.503 e. The standard InChI is InChI=1S/C14H20N2O3.2C2H6/c1-10(17)13-14(19)12(18)9-16(15-13)8-7-11-5-3-2-4-6-11;2*1-2/h9,11,18H,2-8H2,1H3;2*1-2H3. The van der Waals surface area contributed by atoms with E-state index in [4.69, 9.17) is 0 Å². The monoisotopic (exact) mass is 324 g/mol. The molecular weight excluding hydrogens is 292 g/mol. The number of hydrogen-bond donors (Lipinski definition) is 1. The van der Waals surface area contributed by atoms with Gasteiger partial charge >= 0.3 is 0 Å². The van der Waals surface area contributed by atoms with E-state index in [1.807, 2.05) is 27.7 Å². The van der Waals surface area contributed by atoms with Crippen LogP contribution in [0, 0.1) is 5.92 Å². The summed E-state index contributed by atoms with van der Waals surface area (Å²) in [6, 6.07) is 0. The number of hydrogen-bond acceptors (Lipinski definition) is 4. The minimum atomic E-state index is -0.679. The van der Waals surface area contributed by atoms with Gasteiger partial charge in [-0.15, -0.1) is 0 Å². The van der Waals surface area contributed by atoms with Gasteiger partial charge in [0, 0.05) is 13.5 Å². The topological polar surface area (TPSA) is 72.2 Å². The Labute approximate surface area is 139 Å². The lowest BCUT2D eigenvalue weighted by atomic mass is 9.87. The Morgan fingerprint density at radius 2 is 1.78 bits per heavy atom. The summed E-state index contributed by atoms with van der Waals surface area (Å²) in [5.74, 6) is -0.117. The maximum atomic E-state index is 11.5. The summed E-state index contributed by atoms with van der Waals surface area (Å²) in [6.07, 6.45) is 8.67. The van der Waals surface area contributed by atoms with Crippen molar-refractivity contribution in [1.82, 2.24) is 9.78 Å². The second-order valence-electron chi connectivity index (χ2n) is 5.30. The second-order valence-corrected chi connectivity index (χ2v) is 5.30. The lowest BCUT2D eigenvalue weighted by Crippen LogP contribution is -2.21. The van der Waals surface area contributed by atoms with E-state index >= 15 is 0 Å². The Morgan fingerprint density at radius 3 is 2.30 bits per heavy atom. The van der Waals surface area contributed by atoms with E-state index in [1.54, 1.807) is 0 Å². The average molecular weight is 324 g/mol. The van der Waals surface area contributed by atoms with Crippen molar-refractivity contribution in [3.63, 3.8) is 0 Å². The summed E-state index contributed by atoms with van der Waals surface area (Å²) in [6.45, 7) is 9.92. The molecule has 1 aromatic rings. The molecule has 5 heteroatoms. The van der Waals surface area contributed by atoms with E-state index < -0.39 is 17.0 Å². The summed E-state index contributed by atoms with van der Waals surface area (Å²) < 4.78 is 1.52. The Bertz CT molecular complexity index is 517. The van der Waals surface area contributed by atoms with Gasteiger partial charge in [0.1, 0.15) is 0 Å². The van der Waals surface area contributed by atoms with Crippen molar-refractivity contribution >= 4 is 5.78 Å². The van der Waals surface area contributed by atoms with Gasteiger partial charge in [-0.1, -0.05) is 59.8 Å². The molecule has 0 aliphatic heterocycles. The fraction of sp³-hybridized carbons (Fsp3) is 0.722. The van der Waals surface area contributed by atoms with Crippen LogP contribution in [0.2, 0.25) is 0 Å². The highest BCUT2D eigenvalue weighted by atomic mass is 16.3. The molecule has 23 heavy (non-hydrogen) atoms.